The first-order valence-electron chi connectivity index (χ1n) is 8.52. The molecule has 0 bridgehead atoms. The molecule has 1 atom stereocenters. The van der Waals surface area contributed by atoms with Crippen LogP contribution in [0.25, 0.3) is 11.1 Å². The fourth-order valence-electron chi connectivity index (χ4n) is 3.38. The highest BCUT2D eigenvalue weighted by Crippen LogP contribution is 2.28. The maximum absolute atomic E-state index is 12.2. The first-order chi connectivity index (χ1) is 11.2. The van der Waals surface area contributed by atoms with E-state index in [0.29, 0.717) is 12.3 Å². The molecule has 1 aliphatic rings. The quantitative estimate of drug-likeness (QED) is 0.883. The van der Waals surface area contributed by atoms with Crippen LogP contribution in [0.15, 0.2) is 48.8 Å². The minimum Gasteiger partial charge on any atom is -0.350 e. The van der Waals surface area contributed by atoms with E-state index in [2.05, 4.69) is 41.5 Å². The van der Waals surface area contributed by atoms with Crippen LogP contribution in [0, 0.1) is 5.92 Å². The van der Waals surface area contributed by atoms with Gasteiger partial charge < -0.3 is 5.32 Å². The largest absolute Gasteiger partial charge is 0.350 e. The van der Waals surface area contributed by atoms with Gasteiger partial charge in [0.05, 0.1) is 6.04 Å². The van der Waals surface area contributed by atoms with Crippen LogP contribution in [-0.2, 0) is 4.79 Å². The zero-order valence-corrected chi connectivity index (χ0v) is 13.7. The predicted molar refractivity (Wildman–Crippen MR) is 92.8 cm³/mol. The number of rotatable bonds is 5. The number of hydrogen-bond acceptors (Lipinski definition) is 2. The van der Waals surface area contributed by atoms with Crippen LogP contribution in [0.5, 0.6) is 0 Å². The second kappa shape index (κ2) is 7.40. The summed E-state index contributed by atoms with van der Waals surface area (Å²) in [4.78, 5) is 16.4. The topological polar surface area (TPSA) is 42.0 Å². The lowest BCUT2D eigenvalue weighted by Crippen LogP contribution is -2.28. The van der Waals surface area contributed by atoms with Crippen molar-refractivity contribution in [3.05, 3.63) is 54.4 Å². The Kier molecular flexibility index (Phi) is 5.06. The van der Waals surface area contributed by atoms with Gasteiger partial charge in [-0.15, -0.1) is 0 Å². The van der Waals surface area contributed by atoms with Crippen LogP contribution in [-0.4, -0.2) is 10.9 Å². The third-order valence-electron chi connectivity index (χ3n) is 4.71. The first-order valence-corrected chi connectivity index (χ1v) is 8.52. The highest BCUT2D eigenvalue weighted by molar-refractivity contribution is 5.76. The number of benzene rings is 1. The Hall–Kier alpha value is -2.16. The predicted octanol–water partition coefficient (Wildman–Crippen LogP) is 4.51. The van der Waals surface area contributed by atoms with Gasteiger partial charge in [0.15, 0.2) is 0 Å². The normalized spacial score (nSPS) is 16.2. The summed E-state index contributed by atoms with van der Waals surface area (Å²) >= 11 is 0. The Morgan fingerprint density at radius 1 is 1.22 bits per heavy atom. The van der Waals surface area contributed by atoms with Gasteiger partial charge in [-0.1, -0.05) is 37.1 Å². The zero-order chi connectivity index (χ0) is 16.1. The molecule has 0 radical (unpaired) electrons. The molecule has 0 saturated heterocycles. The minimum absolute atomic E-state index is 0.0283. The van der Waals surface area contributed by atoms with Crippen LogP contribution in [0.3, 0.4) is 0 Å². The molecular weight excluding hydrogens is 284 g/mol. The lowest BCUT2D eigenvalue weighted by molar-refractivity contribution is -0.122. The van der Waals surface area contributed by atoms with Gasteiger partial charge >= 0.3 is 0 Å². The number of aromatic nitrogens is 1. The fraction of sp³-hybridized carbons (Fsp3) is 0.400. The zero-order valence-electron chi connectivity index (χ0n) is 13.7. The molecule has 0 unspecified atom stereocenters. The number of nitrogens with one attached hydrogen (secondary N) is 1. The van der Waals surface area contributed by atoms with Crippen LogP contribution in [0.2, 0.25) is 0 Å². The molecule has 1 aromatic heterocycles. The van der Waals surface area contributed by atoms with Gasteiger partial charge in [0.25, 0.3) is 0 Å². The maximum atomic E-state index is 12.2. The van der Waals surface area contributed by atoms with Gasteiger partial charge in [-0.3, -0.25) is 9.78 Å². The minimum atomic E-state index is 0.0283. The molecule has 1 aromatic carbocycles. The summed E-state index contributed by atoms with van der Waals surface area (Å²) < 4.78 is 0. The molecule has 0 aliphatic heterocycles. The second-order valence-electron chi connectivity index (χ2n) is 6.51. The van der Waals surface area contributed by atoms with E-state index in [1.54, 1.807) is 6.20 Å². The molecule has 1 N–H and O–H groups in total. The molecule has 1 saturated carbocycles. The molecule has 0 spiro atoms. The molecular formula is C20H24N2O. The molecule has 1 amide bonds. The number of nitrogens with zero attached hydrogens (tertiary/aromatic N) is 1. The third kappa shape index (κ3) is 4.19. The van der Waals surface area contributed by atoms with Gasteiger partial charge in [0, 0.05) is 18.8 Å². The Bertz CT molecular complexity index is 648. The van der Waals surface area contributed by atoms with E-state index < -0.39 is 0 Å². The summed E-state index contributed by atoms with van der Waals surface area (Å²) in [5.41, 5.74) is 3.36. The van der Waals surface area contributed by atoms with Crippen molar-refractivity contribution in [3.63, 3.8) is 0 Å². The van der Waals surface area contributed by atoms with Crippen LogP contribution in [0.4, 0.5) is 0 Å². The van der Waals surface area contributed by atoms with E-state index in [0.717, 1.165) is 16.7 Å². The summed E-state index contributed by atoms with van der Waals surface area (Å²) in [5.74, 6) is 0.764. The van der Waals surface area contributed by atoms with E-state index in [4.69, 9.17) is 0 Å². The van der Waals surface area contributed by atoms with Crippen molar-refractivity contribution in [1.82, 2.24) is 10.3 Å². The number of amides is 1. The van der Waals surface area contributed by atoms with Crippen LogP contribution >= 0.6 is 0 Å². The molecule has 1 aliphatic carbocycles. The van der Waals surface area contributed by atoms with Crippen molar-refractivity contribution in [2.75, 3.05) is 0 Å². The lowest BCUT2D eigenvalue weighted by Gasteiger charge is -2.17. The van der Waals surface area contributed by atoms with E-state index in [1.807, 2.05) is 18.3 Å². The fourth-order valence-corrected chi connectivity index (χ4v) is 3.38. The Morgan fingerprint density at radius 3 is 2.74 bits per heavy atom. The number of pyridine rings is 1. The highest BCUT2D eigenvalue weighted by Gasteiger charge is 2.19. The Balaban J connectivity index is 1.65. The average Bonchev–Trinajstić information content (AvgIpc) is 3.08. The van der Waals surface area contributed by atoms with Crippen molar-refractivity contribution in [1.29, 1.82) is 0 Å². The summed E-state index contributed by atoms with van der Waals surface area (Å²) in [6.07, 6.45) is 9.28. The van der Waals surface area contributed by atoms with Gasteiger partial charge in [-0.2, -0.15) is 0 Å². The van der Waals surface area contributed by atoms with Crippen molar-refractivity contribution in [2.24, 2.45) is 5.92 Å². The lowest BCUT2D eigenvalue weighted by atomic mass is 10.00. The van der Waals surface area contributed by atoms with Crippen LogP contribution in [0.1, 0.15) is 50.6 Å². The Labute approximate surface area is 138 Å². The van der Waals surface area contributed by atoms with E-state index in [1.165, 1.54) is 25.7 Å². The van der Waals surface area contributed by atoms with Crippen molar-refractivity contribution in [2.45, 2.75) is 45.1 Å². The van der Waals surface area contributed by atoms with E-state index >= 15 is 0 Å². The summed E-state index contributed by atoms with van der Waals surface area (Å²) in [7, 11) is 0. The summed E-state index contributed by atoms with van der Waals surface area (Å²) in [6, 6.07) is 12.3. The molecule has 3 nitrogen and oxygen atoms in total. The molecule has 120 valence electrons. The van der Waals surface area contributed by atoms with E-state index in [9.17, 15) is 4.79 Å². The molecule has 23 heavy (non-hydrogen) atoms. The van der Waals surface area contributed by atoms with Crippen molar-refractivity contribution < 1.29 is 4.79 Å². The van der Waals surface area contributed by atoms with Crippen molar-refractivity contribution >= 4 is 5.91 Å². The third-order valence-corrected chi connectivity index (χ3v) is 4.71. The smallest absolute Gasteiger partial charge is 0.220 e. The van der Waals surface area contributed by atoms with Crippen molar-refractivity contribution in [3.8, 4) is 11.1 Å². The summed E-state index contributed by atoms with van der Waals surface area (Å²) in [6.45, 7) is 2.05. The molecule has 3 heteroatoms. The molecule has 1 heterocycles. The summed E-state index contributed by atoms with van der Waals surface area (Å²) in [5, 5.41) is 3.15. The first kappa shape index (κ1) is 15.7. The maximum Gasteiger partial charge on any atom is 0.220 e. The number of carbonyl (C=O) groups excluding carboxylic acids is 1. The number of carbonyl (C=O) groups is 1. The Morgan fingerprint density at radius 2 is 2.00 bits per heavy atom. The number of hydrogen-bond donors (Lipinski definition) is 1. The molecule has 2 aromatic rings. The highest BCUT2D eigenvalue weighted by atomic mass is 16.1. The second-order valence-corrected chi connectivity index (χ2v) is 6.51. The van der Waals surface area contributed by atoms with Gasteiger partial charge in [-0.05, 0) is 54.5 Å². The standard InChI is InChI=1S/C20H24N2O/c1-15(22-20(23)12-16-6-2-3-7-16)17-8-4-9-18(13-17)19-10-5-11-21-14-19/h4-5,8-11,13-16H,2-3,6-7,12H2,1H3,(H,22,23)/t15-/m0/s1. The van der Waals surface area contributed by atoms with Gasteiger partial charge in [0.1, 0.15) is 0 Å². The van der Waals surface area contributed by atoms with E-state index in [-0.39, 0.29) is 11.9 Å². The van der Waals surface area contributed by atoms with Crippen LogP contribution < -0.4 is 5.32 Å². The average molecular weight is 308 g/mol. The SMILES string of the molecule is C[C@H](NC(=O)CC1CCCC1)c1cccc(-c2cccnc2)c1. The monoisotopic (exact) mass is 308 g/mol. The molecule has 1 fully saturated rings. The molecule has 3 rings (SSSR count). The van der Waals surface area contributed by atoms with Gasteiger partial charge in [0.2, 0.25) is 5.91 Å². The van der Waals surface area contributed by atoms with Gasteiger partial charge in [-0.25, -0.2) is 0 Å².